The molecule has 0 unspecified atom stereocenters. The summed E-state index contributed by atoms with van der Waals surface area (Å²) in [6.07, 6.45) is 2.77. The van der Waals surface area contributed by atoms with Crippen molar-refractivity contribution in [3.05, 3.63) is 47.7 Å². The average molecular weight is 304 g/mol. The molecular formula is C17H24N2O3. The summed E-state index contributed by atoms with van der Waals surface area (Å²) in [6, 6.07) is 7.12. The van der Waals surface area contributed by atoms with Crippen LogP contribution in [0.15, 0.2) is 36.5 Å². The predicted molar refractivity (Wildman–Crippen MR) is 86.7 cm³/mol. The van der Waals surface area contributed by atoms with Crippen molar-refractivity contribution in [2.75, 3.05) is 14.1 Å². The normalized spacial score (nSPS) is 11.3. The molecule has 0 heterocycles. The molecule has 0 fully saturated rings. The van der Waals surface area contributed by atoms with Gasteiger partial charge in [-0.15, -0.1) is 0 Å². The van der Waals surface area contributed by atoms with Gasteiger partial charge in [-0.25, -0.2) is 4.79 Å². The van der Waals surface area contributed by atoms with Crippen LogP contribution in [0, 0.1) is 0 Å². The number of nitrogens with one attached hydrogen (secondary N) is 1. The molecule has 0 aliphatic heterocycles. The minimum absolute atomic E-state index is 0.0552. The van der Waals surface area contributed by atoms with Gasteiger partial charge >= 0.3 is 6.09 Å². The van der Waals surface area contributed by atoms with Crippen molar-refractivity contribution in [2.24, 2.45) is 0 Å². The monoisotopic (exact) mass is 304 g/mol. The maximum absolute atomic E-state index is 11.9. The Morgan fingerprint density at radius 1 is 1.18 bits per heavy atom. The molecule has 120 valence electrons. The van der Waals surface area contributed by atoms with E-state index in [0.29, 0.717) is 12.1 Å². The minimum atomic E-state index is -0.515. The molecule has 0 bridgehead atoms. The highest BCUT2D eigenvalue weighted by molar-refractivity contribution is 6.04. The molecule has 0 spiro atoms. The fraction of sp³-hybridized carbons (Fsp3) is 0.412. The number of ketones is 1. The highest BCUT2D eigenvalue weighted by atomic mass is 16.6. The third kappa shape index (κ3) is 6.92. The molecule has 1 aromatic rings. The lowest BCUT2D eigenvalue weighted by Crippen LogP contribution is -2.32. The zero-order valence-corrected chi connectivity index (χ0v) is 13.8. The number of amides is 1. The fourth-order valence-electron chi connectivity index (χ4n) is 1.59. The SMILES string of the molecule is CN(C)/C=C/C(=O)c1ccc(CNC(=O)OC(C)(C)C)cc1. The highest BCUT2D eigenvalue weighted by Crippen LogP contribution is 2.08. The number of allylic oxidation sites excluding steroid dienone is 1. The molecule has 0 saturated carbocycles. The molecule has 0 atom stereocenters. The topological polar surface area (TPSA) is 58.6 Å². The summed E-state index contributed by atoms with van der Waals surface area (Å²) < 4.78 is 5.16. The molecule has 5 heteroatoms. The predicted octanol–water partition coefficient (Wildman–Crippen LogP) is 2.97. The van der Waals surface area contributed by atoms with E-state index in [4.69, 9.17) is 4.74 Å². The van der Waals surface area contributed by atoms with Gasteiger partial charge in [-0.2, -0.15) is 0 Å². The van der Waals surface area contributed by atoms with Crippen molar-refractivity contribution >= 4 is 11.9 Å². The van der Waals surface area contributed by atoms with E-state index < -0.39 is 11.7 Å². The first kappa shape index (κ1) is 17.8. The van der Waals surface area contributed by atoms with Gasteiger partial charge in [-0.1, -0.05) is 24.3 Å². The van der Waals surface area contributed by atoms with E-state index in [9.17, 15) is 9.59 Å². The van der Waals surface area contributed by atoms with E-state index in [1.54, 1.807) is 23.2 Å². The number of hydrogen-bond donors (Lipinski definition) is 1. The van der Waals surface area contributed by atoms with Gasteiger partial charge in [0.15, 0.2) is 5.78 Å². The zero-order chi connectivity index (χ0) is 16.8. The van der Waals surface area contributed by atoms with Crippen molar-refractivity contribution in [1.82, 2.24) is 10.2 Å². The fourth-order valence-corrected chi connectivity index (χ4v) is 1.59. The number of alkyl carbamates (subject to hydrolysis) is 1. The molecular weight excluding hydrogens is 280 g/mol. The second-order valence-electron chi connectivity index (χ2n) is 6.20. The van der Waals surface area contributed by atoms with Crippen LogP contribution >= 0.6 is 0 Å². The molecule has 1 rings (SSSR count). The van der Waals surface area contributed by atoms with E-state index in [0.717, 1.165) is 5.56 Å². The molecule has 1 aromatic carbocycles. The van der Waals surface area contributed by atoms with Gasteiger partial charge in [0.25, 0.3) is 0 Å². The molecule has 1 N–H and O–H groups in total. The Morgan fingerprint density at radius 2 is 1.77 bits per heavy atom. The van der Waals surface area contributed by atoms with E-state index >= 15 is 0 Å². The van der Waals surface area contributed by atoms with E-state index in [-0.39, 0.29) is 5.78 Å². The van der Waals surface area contributed by atoms with Crippen LogP contribution in [0.2, 0.25) is 0 Å². The zero-order valence-electron chi connectivity index (χ0n) is 13.8. The number of carbonyl (C=O) groups is 2. The summed E-state index contributed by atoms with van der Waals surface area (Å²) in [5.74, 6) is -0.0552. The maximum atomic E-state index is 11.9. The van der Waals surface area contributed by atoms with Crippen molar-refractivity contribution in [3.8, 4) is 0 Å². The second kappa shape index (κ2) is 7.64. The van der Waals surface area contributed by atoms with E-state index in [1.165, 1.54) is 6.08 Å². The van der Waals surface area contributed by atoms with E-state index in [1.807, 2.05) is 47.0 Å². The third-order valence-electron chi connectivity index (χ3n) is 2.60. The Hall–Kier alpha value is -2.30. The summed E-state index contributed by atoms with van der Waals surface area (Å²) in [5, 5.41) is 2.68. The van der Waals surface area contributed by atoms with Gasteiger partial charge in [0, 0.05) is 38.5 Å². The van der Waals surface area contributed by atoms with Gasteiger partial charge in [0.1, 0.15) is 5.60 Å². The first-order chi connectivity index (χ1) is 10.2. The van der Waals surface area contributed by atoms with E-state index in [2.05, 4.69) is 5.32 Å². The highest BCUT2D eigenvalue weighted by Gasteiger charge is 2.15. The summed E-state index contributed by atoms with van der Waals surface area (Å²) in [5.41, 5.74) is 0.997. The van der Waals surface area contributed by atoms with Gasteiger partial charge < -0.3 is 15.0 Å². The Morgan fingerprint density at radius 3 is 2.27 bits per heavy atom. The molecule has 0 radical (unpaired) electrons. The number of ether oxygens (including phenoxy) is 1. The molecule has 0 aliphatic rings. The molecule has 0 saturated heterocycles. The van der Waals surface area contributed by atoms with Crippen molar-refractivity contribution in [1.29, 1.82) is 0 Å². The molecule has 22 heavy (non-hydrogen) atoms. The van der Waals surface area contributed by atoms with Crippen molar-refractivity contribution < 1.29 is 14.3 Å². The standard InChI is InChI=1S/C17H24N2O3/c1-17(2,3)22-16(21)18-12-13-6-8-14(9-7-13)15(20)10-11-19(4)5/h6-11H,12H2,1-5H3,(H,18,21)/b11-10+. The lowest BCUT2D eigenvalue weighted by Gasteiger charge is -2.19. The smallest absolute Gasteiger partial charge is 0.407 e. The molecule has 5 nitrogen and oxygen atoms in total. The van der Waals surface area contributed by atoms with Crippen molar-refractivity contribution in [3.63, 3.8) is 0 Å². The lowest BCUT2D eigenvalue weighted by molar-refractivity contribution is 0.0523. The summed E-state index contributed by atoms with van der Waals surface area (Å²) in [7, 11) is 3.71. The Kier molecular flexibility index (Phi) is 6.16. The number of nitrogens with zero attached hydrogens (tertiary/aromatic N) is 1. The first-order valence-corrected chi connectivity index (χ1v) is 7.12. The van der Waals surface area contributed by atoms with Gasteiger partial charge in [0.05, 0.1) is 0 Å². The largest absolute Gasteiger partial charge is 0.444 e. The number of benzene rings is 1. The Balaban J connectivity index is 2.55. The maximum Gasteiger partial charge on any atom is 0.407 e. The van der Waals surface area contributed by atoms with Gasteiger partial charge in [-0.3, -0.25) is 4.79 Å². The van der Waals surface area contributed by atoms with Crippen molar-refractivity contribution in [2.45, 2.75) is 32.9 Å². The Bertz CT molecular complexity index is 540. The van der Waals surface area contributed by atoms with Crippen LogP contribution < -0.4 is 5.32 Å². The van der Waals surface area contributed by atoms with Gasteiger partial charge in [-0.05, 0) is 26.3 Å². The Labute approximate surface area is 132 Å². The summed E-state index contributed by atoms with van der Waals surface area (Å²) >= 11 is 0. The molecule has 1 amide bonds. The molecule has 0 aromatic heterocycles. The summed E-state index contributed by atoms with van der Waals surface area (Å²) in [6.45, 7) is 5.80. The van der Waals surface area contributed by atoms with Crippen LogP contribution in [-0.4, -0.2) is 36.5 Å². The quantitative estimate of drug-likeness (QED) is 0.671. The second-order valence-corrected chi connectivity index (χ2v) is 6.20. The van der Waals surface area contributed by atoms with Gasteiger partial charge in [0.2, 0.25) is 0 Å². The van der Waals surface area contributed by atoms with Crippen LogP contribution in [-0.2, 0) is 11.3 Å². The van der Waals surface area contributed by atoms with Crippen LogP contribution in [0.4, 0.5) is 4.79 Å². The number of rotatable bonds is 5. The van der Waals surface area contributed by atoms with Crippen LogP contribution in [0.25, 0.3) is 0 Å². The number of carbonyl (C=O) groups excluding carboxylic acids is 2. The summed E-state index contributed by atoms with van der Waals surface area (Å²) in [4.78, 5) is 25.2. The number of hydrogen-bond acceptors (Lipinski definition) is 4. The van der Waals surface area contributed by atoms with Crippen LogP contribution in [0.1, 0.15) is 36.7 Å². The third-order valence-corrected chi connectivity index (χ3v) is 2.60. The lowest BCUT2D eigenvalue weighted by atomic mass is 10.1. The van der Waals surface area contributed by atoms with Crippen LogP contribution in [0.3, 0.4) is 0 Å². The first-order valence-electron chi connectivity index (χ1n) is 7.12. The molecule has 0 aliphatic carbocycles. The average Bonchev–Trinajstić information content (AvgIpc) is 2.41. The minimum Gasteiger partial charge on any atom is -0.444 e. The van der Waals surface area contributed by atoms with Crippen LogP contribution in [0.5, 0.6) is 0 Å².